The molecule has 0 bridgehead atoms. The van der Waals surface area contributed by atoms with Crippen molar-refractivity contribution < 1.29 is 13.9 Å². The van der Waals surface area contributed by atoms with Crippen LogP contribution >= 0.6 is 11.8 Å². The molecule has 4 rings (SSSR count). The molecule has 32 heavy (non-hydrogen) atoms. The summed E-state index contributed by atoms with van der Waals surface area (Å²) in [6.45, 7) is 7.00. The van der Waals surface area contributed by atoms with Gasteiger partial charge < -0.3 is 14.1 Å². The molecule has 1 saturated carbocycles. The Hall–Kier alpha value is -2.80. The fraction of sp³-hybridized carbons (Fsp3) is 0.400. The van der Waals surface area contributed by atoms with E-state index in [1.54, 1.807) is 0 Å². The molecule has 1 aliphatic carbocycles. The molecule has 1 unspecified atom stereocenters. The highest BCUT2D eigenvalue weighted by atomic mass is 32.2. The van der Waals surface area contributed by atoms with E-state index in [4.69, 9.17) is 9.15 Å². The minimum atomic E-state index is 0.0876. The van der Waals surface area contributed by atoms with Gasteiger partial charge in [0.2, 0.25) is 5.91 Å². The van der Waals surface area contributed by atoms with Gasteiger partial charge in [-0.05, 0) is 62.3 Å². The number of hydrogen-bond acceptors (Lipinski definition) is 6. The zero-order valence-corrected chi connectivity index (χ0v) is 19.6. The maximum Gasteiger partial charge on any atom is 0.277 e. The molecule has 1 aromatic heterocycles. The van der Waals surface area contributed by atoms with Gasteiger partial charge in [-0.25, -0.2) is 0 Å². The number of aryl methyl sites for hydroxylation is 2. The fourth-order valence-electron chi connectivity index (χ4n) is 3.64. The van der Waals surface area contributed by atoms with Crippen LogP contribution in [0.3, 0.4) is 0 Å². The Kier molecular flexibility index (Phi) is 7.15. The molecule has 1 atom stereocenters. The van der Waals surface area contributed by atoms with Crippen molar-refractivity contribution >= 4 is 17.7 Å². The van der Waals surface area contributed by atoms with Gasteiger partial charge >= 0.3 is 0 Å². The summed E-state index contributed by atoms with van der Waals surface area (Å²) in [5.41, 5.74) is 3.33. The van der Waals surface area contributed by atoms with Crippen LogP contribution in [-0.4, -0.2) is 32.8 Å². The summed E-state index contributed by atoms with van der Waals surface area (Å²) in [4.78, 5) is 15.1. The van der Waals surface area contributed by atoms with E-state index in [2.05, 4.69) is 29.3 Å². The number of rotatable bonds is 10. The van der Waals surface area contributed by atoms with Gasteiger partial charge in [0.15, 0.2) is 6.61 Å². The second-order valence-corrected chi connectivity index (χ2v) is 9.32. The largest absolute Gasteiger partial charge is 0.484 e. The normalized spacial score (nSPS) is 14.2. The Balaban J connectivity index is 1.33. The Labute approximate surface area is 193 Å². The maximum atomic E-state index is 13.1. The third-order valence-corrected chi connectivity index (χ3v) is 6.58. The van der Waals surface area contributed by atoms with Crippen molar-refractivity contribution in [3.63, 3.8) is 0 Å². The fourth-order valence-corrected chi connectivity index (χ4v) is 4.30. The summed E-state index contributed by atoms with van der Waals surface area (Å²) in [5.74, 6) is 2.16. The van der Waals surface area contributed by atoms with Crippen LogP contribution in [0.1, 0.15) is 42.3 Å². The molecule has 1 aliphatic rings. The van der Waals surface area contributed by atoms with E-state index in [-0.39, 0.29) is 24.3 Å². The van der Waals surface area contributed by atoms with E-state index in [0.29, 0.717) is 23.6 Å². The van der Waals surface area contributed by atoms with Crippen LogP contribution in [0.2, 0.25) is 0 Å². The van der Waals surface area contributed by atoms with Crippen molar-refractivity contribution in [1.29, 1.82) is 0 Å². The lowest BCUT2D eigenvalue weighted by molar-refractivity contribution is -0.131. The van der Waals surface area contributed by atoms with E-state index in [0.717, 1.165) is 22.4 Å². The molecule has 0 N–H and O–H groups in total. The van der Waals surface area contributed by atoms with Crippen LogP contribution in [0.15, 0.2) is 58.2 Å². The van der Waals surface area contributed by atoms with E-state index >= 15 is 0 Å². The molecule has 1 heterocycles. The van der Waals surface area contributed by atoms with Gasteiger partial charge in [-0.2, -0.15) is 0 Å². The van der Waals surface area contributed by atoms with Crippen molar-refractivity contribution in [2.75, 3.05) is 5.75 Å². The van der Waals surface area contributed by atoms with Crippen LogP contribution in [0.25, 0.3) is 0 Å². The zero-order valence-electron chi connectivity index (χ0n) is 18.8. The molecule has 0 radical (unpaired) electrons. The molecule has 3 aromatic rings. The minimum Gasteiger partial charge on any atom is -0.484 e. The number of carbonyl (C=O) groups is 1. The topological polar surface area (TPSA) is 68.5 Å². The Morgan fingerprint density at radius 2 is 1.97 bits per heavy atom. The highest BCUT2D eigenvalue weighted by Crippen LogP contribution is 2.36. The lowest BCUT2D eigenvalue weighted by Gasteiger charge is -2.29. The van der Waals surface area contributed by atoms with Gasteiger partial charge in [-0.3, -0.25) is 4.79 Å². The Morgan fingerprint density at radius 1 is 1.19 bits per heavy atom. The van der Waals surface area contributed by atoms with Gasteiger partial charge in [0.25, 0.3) is 11.1 Å². The number of thioether (sulfide) groups is 1. The third-order valence-electron chi connectivity index (χ3n) is 5.77. The molecule has 1 fully saturated rings. The highest BCUT2D eigenvalue weighted by molar-refractivity contribution is 7.99. The number of amides is 1. The van der Waals surface area contributed by atoms with Crippen LogP contribution in [0.5, 0.6) is 5.75 Å². The van der Waals surface area contributed by atoms with Gasteiger partial charge in [0.1, 0.15) is 5.75 Å². The zero-order chi connectivity index (χ0) is 22.5. The molecule has 168 valence electrons. The molecule has 2 aromatic carbocycles. The third kappa shape index (κ3) is 5.91. The van der Waals surface area contributed by atoms with Gasteiger partial charge in [0.05, 0.1) is 5.75 Å². The predicted octanol–water partition coefficient (Wildman–Crippen LogP) is 5.18. The van der Waals surface area contributed by atoms with E-state index < -0.39 is 0 Å². The average molecular weight is 452 g/mol. The first kappa shape index (κ1) is 22.4. The van der Waals surface area contributed by atoms with Gasteiger partial charge in [0, 0.05) is 12.6 Å². The Bertz CT molecular complexity index is 1050. The van der Waals surface area contributed by atoms with E-state index in [9.17, 15) is 4.79 Å². The molecule has 0 spiro atoms. The lowest BCUT2D eigenvalue weighted by Crippen LogP contribution is -2.40. The molecule has 6 nitrogen and oxygen atoms in total. The number of ether oxygens (including phenoxy) is 1. The number of nitrogens with zero attached hydrogens (tertiary/aromatic N) is 3. The summed E-state index contributed by atoms with van der Waals surface area (Å²) in [6.07, 6.45) is 2.39. The van der Waals surface area contributed by atoms with E-state index in [1.807, 2.05) is 55.1 Å². The quantitative estimate of drug-likeness (QED) is 0.396. The van der Waals surface area contributed by atoms with Crippen LogP contribution < -0.4 is 4.74 Å². The molecule has 0 saturated heterocycles. The number of benzene rings is 2. The second-order valence-electron chi connectivity index (χ2n) is 8.39. The summed E-state index contributed by atoms with van der Waals surface area (Å²) in [5, 5.41) is 8.52. The SMILES string of the molecule is Cc1ccc(C)c(OCc2nnc(SCC(=O)N(Cc3ccccc3)C(C)C3CC3)o2)c1. The Morgan fingerprint density at radius 3 is 2.72 bits per heavy atom. The molecule has 1 amide bonds. The van der Waals surface area contributed by atoms with Gasteiger partial charge in [-0.1, -0.05) is 54.2 Å². The number of hydrogen-bond donors (Lipinski definition) is 0. The number of carbonyl (C=O) groups excluding carboxylic acids is 1. The summed E-state index contributed by atoms with van der Waals surface area (Å²) >= 11 is 1.28. The maximum absolute atomic E-state index is 13.1. The smallest absolute Gasteiger partial charge is 0.277 e. The molecule has 0 aliphatic heterocycles. The molecule has 7 heteroatoms. The molecular weight excluding hydrogens is 422 g/mol. The van der Waals surface area contributed by atoms with Crippen molar-refractivity contribution in [1.82, 2.24) is 15.1 Å². The van der Waals surface area contributed by atoms with Crippen molar-refractivity contribution in [2.24, 2.45) is 5.92 Å². The second kappa shape index (κ2) is 10.2. The van der Waals surface area contributed by atoms with Crippen LogP contribution in [0, 0.1) is 19.8 Å². The first-order valence-corrected chi connectivity index (χ1v) is 12.0. The van der Waals surface area contributed by atoms with Gasteiger partial charge in [-0.15, -0.1) is 10.2 Å². The van der Waals surface area contributed by atoms with Crippen molar-refractivity contribution in [3.05, 3.63) is 71.1 Å². The monoisotopic (exact) mass is 451 g/mol. The van der Waals surface area contributed by atoms with Crippen molar-refractivity contribution in [2.45, 2.75) is 58.0 Å². The summed E-state index contributed by atoms with van der Waals surface area (Å²) in [7, 11) is 0. The van der Waals surface area contributed by atoms with E-state index in [1.165, 1.54) is 24.6 Å². The molecular formula is C25H29N3O3S. The minimum absolute atomic E-state index is 0.0876. The predicted molar refractivity (Wildman–Crippen MR) is 124 cm³/mol. The lowest BCUT2D eigenvalue weighted by atomic mass is 10.1. The average Bonchev–Trinajstić information content (AvgIpc) is 3.55. The summed E-state index contributed by atoms with van der Waals surface area (Å²) in [6, 6.07) is 16.4. The van der Waals surface area contributed by atoms with Crippen molar-refractivity contribution in [3.8, 4) is 5.75 Å². The highest BCUT2D eigenvalue weighted by Gasteiger charge is 2.34. The summed E-state index contributed by atoms with van der Waals surface area (Å²) < 4.78 is 11.5. The van der Waals surface area contributed by atoms with Crippen LogP contribution in [0.4, 0.5) is 0 Å². The standard InChI is InChI=1S/C25H29N3O3S/c1-17-9-10-18(2)22(13-17)30-15-23-26-27-25(31-23)32-16-24(29)28(19(3)21-11-12-21)14-20-7-5-4-6-8-20/h4-10,13,19,21H,11-12,14-16H2,1-3H3. The first-order valence-electron chi connectivity index (χ1n) is 11.0. The number of aromatic nitrogens is 2. The first-order chi connectivity index (χ1) is 15.5. The van der Waals surface area contributed by atoms with Crippen LogP contribution in [-0.2, 0) is 17.9 Å².